The quantitative estimate of drug-likeness (QED) is 0.689. The van der Waals surface area contributed by atoms with Crippen LogP contribution in [0, 0.1) is 5.92 Å². The summed E-state index contributed by atoms with van der Waals surface area (Å²) < 4.78 is 0. The van der Waals surface area contributed by atoms with Crippen molar-refractivity contribution in [3.8, 4) is 0 Å². The Balaban J connectivity index is 2.32. The fourth-order valence-corrected chi connectivity index (χ4v) is 2.31. The number of nitrogens with one attached hydrogen (secondary N) is 1. The van der Waals surface area contributed by atoms with E-state index in [0.717, 1.165) is 6.42 Å². The number of nitrogens with two attached hydrogens (primary N) is 1. The van der Waals surface area contributed by atoms with E-state index < -0.39 is 0 Å². The van der Waals surface area contributed by atoms with Gasteiger partial charge in [-0.3, -0.25) is 0 Å². The smallest absolute Gasteiger partial charge is 0.0505 e. The van der Waals surface area contributed by atoms with Crippen LogP contribution in [-0.2, 0) is 0 Å². The third kappa shape index (κ3) is 1.42. The maximum Gasteiger partial charge on any atom is 0.0505 e. The monoisotopic (exact) mass is 188 g/mol. The van der Waals surface area contributed by atoms with Crippen molar-refractivity contribution >= 4 is 0 Å². The van der Waals surface area contributed by atoms with Gasteiger partial charge in [0, 0.05) is 5.92 Å². The Morgan fingerprint density at radius 3 is 3.14 bits per heavy atom. The fraction of sp³-hybridized carbons (Fsp3) is 0.333. The molecule has 0 aromatic rings. The first-order valence-corrected chi connectivity index (χ1v) is 4.99. The summed E-state index contributed by atoms with van der Waals surface area (Å²) in [5.41, 5.74) is 8.26. The summed E-state index contributed by atoms with van der Waals surface area (Å²) in [5, 5.41) is 3.34. The molecule has 14 heavy (non-hydrogen) atoms. The minimum atomic E-state index is 0.409. The van der Waals surface area contributed by atoms with Crippen molar-refractivity contribution in [1.82, 2.24) is 5.32 Å². The predicted octanol–water partition coefficient (Wildman–Crippen LogP) is 1.49. The molecule has 0 spiro atoms. The highest BCUT2D eigenvalue weighted by Crippen LogP contribution is 2.39. The molecular formula is C12H16N2. The minimum absolute atomic E-state index is 0.409. The molecule has 0 saturated heterocycles. The van der Waals surface area contributed by atoms with E-state index in [-0.39, 0.29) is 0 Å². The molecule has 2 aliphatic carbocycles. The SMILES string of the molecule is CNC1C2=CC=CC(C2)/C1=C\C=C/N. The van der Waals surface area contributed by atoms with Gasteiger partial charge in [0.2, 0.25) is 0 Å². The van der Waals surface area contributed by atoms with Crippen molar-refractivity contribution in [2.75, 3.05) is 7.05 Å². The van der Waals surface area contributed by atoms with Crippen molar-refractivity contribution in [2.24, 2.45) is 11.7 Å². The third-order valence-corrected chi connectivity index (χ3v) is 2.93. The molecule has 0 heterocycles. The number of fused-ring (bicyclic) bond motifs is 2. The van der Waals surface area contributed by atoms with Gasteiger partial charge in [0.1, 0.15) is 0 Å². The Labute approximate surface area is 84.9 Å². The van der Waals surface area contributed by atoms with Crippen LogP contribution in [0.3, 0.4) is 0 Å². The molecule has 2 rings (SSSR count). The van der Waals surface area contributed by atoms with Gasteiger partial charge in [-0.2, -0.15) is 0 Å². The van der Waals surface area contributed by atoms with Gasteiger partial charge in [-0.1, -0.05) is 24.3 Å². The lowest BCUT2D eigenvalue weighted by molar-refractivity contribution is 0.735. The molecule has 74 valence electrons. The van der Waals surface area contributed by atoms with Gasteiger partial charge in [-0.05, 0) is 36.9 Å². The first-order valence-electron chi connectivity index (χ1n) is 4.99. The van der Waals surface area contributed by atoms with E-state index in [1.54, 1.807) is 6.20 Å². The van der Waals surface area contributed by atoms with Crippen molar-refractivity contribution in [1.29, 1.82) is 0 Å². The minimum Gasteiger partial charge on any atom is -0.405 e. The first kappa shape index (κ1) is 9.28. The van der Waals surface area contributed by atoms with Crippen LogP contribution >= 0.6 is 0 Å². The Morgan fingerprint density at radius 2 is 2.43 bits per heavy atom. The molecule has 2 aliphatic rings. The zero-order valence-corrected chi connectivity index (χ0v) is 8.40. The van der Waals surface area contributed by atoms with Crippen LogP contribution in [0.15, 0.2) is 47.7 Å². The standard InChI is InChI=1S/C12H16N2/c1-14-12-10-5-2-4-9(8-10)11(12)6-3-7-13/h2-7,9,12,14H,8,13H2,1H3/b7-3-,11-6+. The fourth-order valence-electron chi connectivity index (χ4n) is 2.31. The van der Waals surface area contributed by atoms with Gasteiger partial charge in [0.15, 0.2) is 0 Å². The van der Waals surface area contributed by atoms with Crippen molar-refractivity contribution in [2.45, 2.75) is 12.5 Å². The molecule has 0 aromatic carbocycles. The van der Waals surface area contributed by atoms with Crippen LogP contribution < -0.4 is 11.1 Å². The average Bonchev–Trinajstić information content (AvgIpc) is 2.46. The molecular weight excluding hydrogens is 172 g/mol. The van der Waals surface area contributed by atoms with E-state index in [9.17, 15) is 0 Å². The highest BCUT2D eigenvalue weighted by atomic mass is 14.9. The normalized spacial score (nSPS) is 32.9. The van der Waals surface area contributed by atoms with Gasteiger partial charge < -0.3 is 11.1 Å². The second-order valence-corrected chi connectivity index (χ2v) is 3.71. The second kappa shape index (κ2) is 3.84. The highest BCUT2D eigenvalue weighted by molar-refractivity contribution is 5.44. The first-order chi connectivity index (χ1) is 6.86. The van der Waals surface area contributed by atoms with Crippen LogP contribution in [0.5, 0.6) is 0 Å². The number of hydrogen-bond donors (Lipinski definition) is 2. The molecule has 2 heteroatoms. The lowest BCUT2D eigenvalue weighted by atomic mass is 10.00. The summed E-state index contributed by atoms with van der Waals surface area (Å²) in [6.07, 6.45) is 13.4. The lowest BCUT2D eigenvalue weighted by Gasteiger charge is -2.12. The van der Waals surface area contributed by atoms with Crippen molar-refractivity contribution in [3.05, 3.63) is 47.7 Å². The molecule has 1 fully saturated rings. The van der Waals surface area contributed by atoms with Gasteiger partial charge >= 0.3 is 0 Å². The summed E-state index contributed by atoms with van der Waals surface area (Å²) in [5.74, 6) is 0.573. The number of allylic oxidation sites excluding steroid dienone is 5. The maximum atomic E-state index is 5.35. The van der Waals surface area contributed by atoms with E-state index in [0.29, 0.717) is 12.0 Å². The third-order valence-electron chi connectivity index (χ3n) is 2.93. The second-order valence-electron chi connectivity index (χ2n) is 3.71. The van der Waals surface area contributed by atoms with Crippen LogP contribution in [0.25, 0.3) is 0 Å². The van der Waals surface area contributed by atoms with E-state index in [1.807, 2.05) is 13.1 Å². The number of hydrogen-bond acceptors (Lipinski definition) is 2. The van der Waals surface area contributed by atoms with E-state index >= 15 is 0 Å². The zero-order chi connectivity index (χ0) is 9.97. The molecule has 2 unspecified atom stereocenters. The largest absolute Gasteiger partial charge is 0.405 e. The van der Waals surface area contributed by atoms with Crippen LogP contribution in [0.2, 0.25) is 0 Å². The Morgan fingerprint density at radius 1 is 1.57 bits per heavy atom. The summed E-state index contributed by atoms with van der Waals surface area (Å²) >= 11 is 0. The molecule has 2 bridgehead atoms. The molecule has 0 radical (unpaired) electrons. The van der Waals surface area contributed by atoms with Gasteiger partial charge in [-0.15, -0.1) is 0 Å². The average molecular weight is 188 g/mol. The lowest BCUT2D eigenvalue weighted by Crippen LogP contribution is -2.25. The van der Waals surface area contributed by atoms with Crippen molar-refractivity contribution in [3.63, 3.8) is 0 Å². The Bertz CT molecular complexity index is 334. The van der Waals surface area contributed by atoms with E-state index in [2.05, 4.69) is 29.6 Å². The predicted molar refractivity (Wildman–Crippen MR) is 59.6 cm³/mol. The summed E-state index contributed by atoms with van der Waals surface area (Å²) in [6, 6.07) is 0.409. The Kier molecular flexibility index (Phi) is 2.55. The Hall–Kier alpha value is -1.28. The molecule has 2 nitrogen and oxygen atoms in total. The molecule has 0 aromatic heterocycles. The van der Waals surface area contributed by atoms with Crippen LogP contribution in [0.1, 0.15) is 6.42 Å². The van der Waals surface area contributed by atoms with Crippen LogP contribution in [-0.4, -0.2) is 13.1 Å². The maximum absolute atomic E-state index is 5.35. The summed E-state index contributed by atoms with van der Waals surface area (Å²) in [6.45, 7) is 0. The molecule has 3 N–H and O–H groups in total. The van der Waals surface area contributed by atoms with Gasteiger partial charge in [0.05, 0.1) is 6.04 Å². The van der Waals surface area contributed by atoms with Gasteiger partial charge in [0.25, 0.3) is 0 Å². The molecule has 0 aliphatic heterocycles. The molecule has 2 atom stereocenters. The molecule has 0 amide bonds. The van der Waals surface area contributed by atoms with Gasteiger partial charge in [-0.25, -0.2) is 0 Å². The highest BCUT2D eigenvalue weighted by Gasteiger charge is 2.32. The summed E-state index contributed by atoms with van der Waals surface area (Å²) in [4.78, 5) is 0. The molecule has 1 saturated carbocycles. The topological polar surface area (TPSA) is 38.0 Å². The zero-order valence-electron chi connectivity index (χ0n) is 8.40. The summed E-state index contributed by atoms with van der Waals surface area (Å²) in [7, 11) is 2.01. The van der Waals surface area contributed by atoms with Crippen molar-refractivity contribution < 1.29 is 0 Å². The van der Waals surface area contributed by atoms with E-state index in [1.165, 1.54) is 11.1 Å². The number of likely N-dealkylation sites (N-methyl/N-ethyl adjacent to an activating group) is 1. The van der Waals surface area contributed by atoms with Crippen LogP contribution in [0.4, 0.5) is 0 Å². The number of rotatable bonds is 2. The van der Waals surface area contributed by atoms with E-state index in [4.69, 9.17) is 5.73 Å².